The molecule has 2 aromatic heterocycles. The Bertz CT molecular complexity index is 911. The van der Waals surface area contributed by atoms with E-state index < -0.39 is 0 Å². The highest BCUT2D eigenvalue weighted by molar-refractivity contribution is 5.81. The van der Waals surface area contributed by atoms with Gasteiger partial charge in [-0.05, 0) is 38.2 Å². The summed E-state index contributed by atoms with van der Waals surface area (Å²) < 4.78 is 2.05. The molecule has 2 N–H and O–H groups in total. The maximum Gasteiger partial charge on any atom is 0.165 e. The summed E-state index contributed by atoms with van der Waals surface area (Å²) in [6, 6.07) is 10.5. The van der Waals surface area contributed by atoms with Crippen LogP contribution in [0.1, 0.15) is 29.8 Å². The Morgan fingerprint density at radius 3 is 2.65 bits per heavy atom. The largest absolute Gasteiger partial charge is 0.364 e. The Balaban J connectivity index is 1.88. The fourth-order valence-electron chi connectivity index (χ4n) is 3.85. The maximum absolute atomic E-state index is 5.07. The first-order valence-electron chi connectivity index (χ1n) is 9.64. The van der Waals surface area contributed by atoms with Crippen LogP contribution in [0.3, 0.4) is 0 Å². The van der Waals surface area contributed by atoms with Crippen molar-refractivity contribution in [3.8, 4) is 11.1 Å². The highest BCUT2D eigenvalue weighted by atomic mass is 15.3. The van der Waals surface area contributed by atoms with Crippen molar-refractivity contribution < 1.29 is 4.90 Å². The van der Waals surface area contributed by atoms with Gasteiger partial charge in [-0.2, -0.15) is 9.61 Å². The molecule has 4 rings (SSSR count). The zero-order valence-corrected chi connectivity index (χ0v) is 16.0. The van der Waals surface area contributed by atoms with Crippen LogP contribution in [0.2, 0.25) is 0 Å². The van der Waals surface area contributed by atoms with Crippen LogP contribution < -0.4 is 10.2 Å². The summed E-state index contributed by atoms with van der Waals surface area (Å²) in [6.07, 6.45) is 4.62. The highest BCUT2D eigenvalue weighted by Gasteiger charge is 2.22. The lowest BCUT2D eigenvalue weighted by atomic mass is 9.96. The molecule has 0 atom stereocenters. The van der Waals surface area contributed by atoms with Crippen molar-refractivity contribution in [3.05, 3.63) is 47.3 Å². The van der Waals surface area contributed by atoms with Gasteiger partial charge in [0.2, 0.25) is 0 Å². The van der Waals surface area contributed by atoms with Gasteiger partial charge < -0.3 is 10.2 Å². The number of benzene rings is 1. The first-order valence-corrected chi connectivity index (χ1v) is 9.64. The molecule has 1 aliphatic carbocycles. The van der Waals surface area contributed by atoms with E-state index in [0.29, 0.717) is 0 Å². The summed E-state index contributed by atoms with van der Waals surface area (Å²) in [4.78, 5) is 6.51. The summed E-state index contributed by atoms with van der Waals surface area (Å²) in [5.74, 6) is 1.15. The minimum Gasteiger partial charge on any atom is -0.364 e. The molecule has 3 aromatic rings. The van der Waals surface area contributed by atoms with Crippen LogP contribution in [0.15, 0.2) is 30.3 Å². The number of fused-ring (bicyclic) bond motifs is 2. The molecule has 136 valence electrons. The molecule has 0 bridgehead atoms. The molecule has 5 nitrogen and oxygen atoms in total. The topological polar surface area (TPSA) is 46.7 Å². The smallest absolute Gasteiger partial charge is 0.165 e. The van der Waals surface area contributed by atoms with Crippen LogP contribution in [0.5, 0.6) is 0 Å². The third-order valence-corrected chi connectivity index (χ3v) is 5.19. The number of likely N-dealkylation sites (N-methyl/N-ethyl adjacent to an activating group) is 1. The summed E-state index contributed by atoms with van der Waals surface area (Å²) in [5, 5.41) is 8.56. The molecule has 1 aromatic carbocycles. The van der Waals surface area contributed by atoms with E-state index in [4.69, 9.17) is 10.1 Å². The van der Waals surface area contributed by atoms with Gasteiger partial charge in [0.25, 0.3) is 0 Å². The van der Waals surface area contributed by atoms with Crippen LogP contribution in [-0.2, 0) is 12.8 Å². The molecule has 5 heteroatoms. The van der Waals surface area contributed by atoms with Crippen molar-refractivity contribution in [3.63, 3.8) is 0 Å². The lowest BCUT2D eigenvalue weighted by Crippen LogP contribution is -3.06. The van der Waals surface area contributed by atoms with E-state index in [1.807, 2.05) is 4.52 Å². The van der Waals surface area contributed by atoms with Gasteiger partial charge in [-0.15, -0.1) is 0 Å². The molecule has 0 aliphatic heterocycles. The fraction of sp³-hybridized carbons (Fsp3) is 0.429. The van der Waals surface area contributed by atoms with Crippen LogP contribution in [-0.4, -0.2) is 41.8 Å². The molecule has 2 heterocycles. The second kappa shape index (κ2) is 7.08. The van der Waals surface area contributed by atoms with Crippen LogP contribution in [0, 0.1) is 6.92 Å². The lowest BCUT2D eigenvalue weighted by molar-refractivity contribution is -0.856. The zero-order valence-electron chi connectivity index (χ0n) is 16.0. The Hall–Kier alpha value is -2.40. The van der Waals surface area contributed by atoms with Crippen LogP contribution >= 0.6 is 0 Å². The van der Waals surface area contributed by atoms with Crippen molar-refractivity contribution in [2.45, 2.75) is 32.6 Å². The van der Waals surface area contributed by atoms with E-state index in [9.17, 15) is 0 Å². The van der Waals surface area contributed by atoms with Gasteiger partial charge in [0, 0.05) is 16.8 Å². The van der Waals surface area contributed by atoms with Gasteiger partial charge in [-0.3, -0.25) is 0 Å². The number of rotatable bonds is 5. The number of anilines is 1. The van der Waals surface area contributed by atoms with Crippen molar-refractivity contribution in [2.24, 2.45) is 0 Å². The quantitative estimate of drug-likeness (QED) is 0.741. The average Bonchev–Trinajstić information content (AvgIpc) is 2.97. The Kier molecular flexibility index (Phi) is 4.64. The van der Waals surface area contributed by atoms with E-state index in [0.717, 1.165) is 48.7 Å². The van der Waals surface area contributed by atoms with E-state index >= 15 is 0 Å². The number of nitrogens with one attached hydrogen (secondary N) is 2. The number of hydrogen-bond acceptors (Lipinski definition) is 3. The predicted octanol–water partition coefficient (Wildman–Crippen LogP) is 2.14. The number of aryl methyl sites for hydroxylation is 2. The van der Waals surface area contributed by atoms with E-state index in [2.05, 4.69) is 56.7 Å². The normalized spacial score (nSPS) is 14.0. The van der Waals surface area contributed by atoms with Gasteiger partial charge >= 0.3 is 0 Å². The van der Waals surface area contributed by atoms with Crippen molar-refractivity contribution in [1.29, 1.82) is 0 Å². The van der Waals surface area contributed by atoms with Crippen molar-refractivity contribution in [2.75, 3.05) is 32.5 Å². The standard InChI is InChI=1S/C21H27N5/c1-15-19(16-9-5-4-6-10-16)21-23-18-12-8-7-11-17(18)20(26(21)24-15)22-13-14-25(2)3/h4-6,9-10,22H,7-8,11-14H2,1-3H3/p+1. The average molecular weight is 350 g/mol. The first-order chi connectivity index (χ1) is 12.6. The molecule has 0 radical (unpaired) electrons. The van der Waals surface area contributed by atoms with E-state index in [1.54, 1.807) is 0 Å². The third-order valence-electron chi connectivity index (χ3n) is 5.19. The summed E-state index contributed by atoms with van der Waals surface area (Å²) >= 11 is 0. The molecule has 0 saturated heterocycles. The second-order valence-electron chi connectivity index (χ2n) is 7.54. The van der Waals surface area contributed by atoms with Gasteiger partial charge in [0.15, 0.2) is 5.65 Å². The highest BCUT2D eigenvalue weighted by Crippen LogP contribution is 2.33. The zero-order chi connectivity index (χ0) is 18.1. The summed E-state index contributed by atoms with van der Waals surface area (Å²) in [6.45, 7) is 4.10. The molecular formula is C21H28N5+. The molecule has 0 spiro atoms. The van der Waals surface area contributed by atoms with Crippen molar-refractivity contribution in [1.82, 2.24) is 14.6 Å². The molecule has 1 aliphatic rings. The summed E-state index contributed by atoms with van der Waals surface area (Å²) in [5.41, 5.74) is 6.97. The van der Waals surface area contributed by atoms with Gasteiger partial charge in [-0.25, -0.2) is 4.98 Å². The minimum absolute atomic E-state index is 0.938. The van der Waals surface area contributed by atoms with Crippen molar-refractivity contribution >= 4 is 11.5 Å². The van der Waals surface area contributed by atoms with Gasteiger partial charge in [0.05, 0.1) is 32.9 Å². The Labute approximate surface area is 155 Å². The molecule has 0 unspecified atom stereocenters. The first kappa shape index (κ1) is 17.0. The Morgan fingerprint density at radius 1 is 1.12 bits per heavy atom. The fourth-order valence-corrected chi connectivity index (χ4v) is 3.85. The predicted molar refractivity (Wildman–Crippen MR) is 106 cm³/mol. The van der Waals surface area contributed by atoms with Gasteiger partial charge in [-0.1, -0.05) is 30.3 Å². The van der Waals surface area contributed by atoms with Crippen LogP contribution in [0.4, 0.5) is 5.82 Å². The Morgan fingerprint density at radius 2 is 1.88 bits per heavy atom. The SMILES string of the molecule is Cc1nn2c(NCC[NH+](C)C)c3c(nc2c1-c1ccccc1)CCCC3. The van der Waals surface area contributed by atoms with E-state index in [-0.39, 0.29) is 0 Å². The number of hydrogen-bond donors (Lipinski definition) is 2. The second-order valence-corrected chi connectivity index (χ2v) is 7.54. The maximum atomic E-state index is 5.07. The molecular weight excluding hydrogens is 322 g/mol. The molecule has 0 saturated carbocycles. The number of quaternary nitrogens is 1. The van der Waals surface area contributed by atoms with Crippen LogP contribution in [0.25, 0.3) is 16.8 Å². The summed E-state index contributed by atoms with van der Waals surface area (Å²) in [7, 11) is 4.37. The molecule has 26 heavy (non-hydrogen) atoms. The molecule has 0 amide bonds. The van der Waals surface area contributed by atoms with Gasteiger partial charge in [0.1, 0.15) is 5.82 Å². The lowest BCUT2D eigenvalue weighted by Gasteiger charge is -2.21. The number of aromatic nitrogens is 3. The minimum atomic E-state index is 0.938. The monoisotopic (exact) mass is 350 g/mol. The van der Waals surface area contributed by atoms with E-state index in [1.165, 1.54) is 34.6 Å². The third kappa shape index (κ3) is 3.07. The molecule has 0 fully saturated rings. The number of nitrogens with zero attached hydrogens (tertiary/aromatic N) is 3.